The highest BCUT2D eigenvalue weighted by Crippen LogP contribution is 2.14. The Kier molecular flexibility index (Phi) is 5.76. The highest BCUT2D eigenvalue weighted by molar-refractivity contribution is 14.1. The SMILES string of the molecule is Cc1cc(C)cc(C(=O)N[C@H](Cc2ccccc2I)C(N)=O)c1. The van der Waals surface area contributed by atoms with Gasteiger partial charge in [-0.1, -0.05) is 35.4 Å². The molecule has 2 amide bonds. The van der Waals surface area contributed by atoms with Crippen LogP contribution in [-0.4, -0.2) is 17.9 Å². The molecule has 2 aromatic carbocycles. The highest BCUT2D eigenvalue weighted by atomic mass is 127. The van der Waals surface area contributed by atoms with E-state index in [0.29, 0.717) is 12.0 Å². The molecule has 0 radical (unpaired) electrons. The smallest absolute Gasteiger partial charge is 0.251 e. The third-order valence-electron chi connectivity index (χ3n) is 3.51. The molecule has 23 heavy (non-hydrogen) atoms. The second-order valence-electron chi connectivity index (χ2n) is 5.60. The Morgan fingerprint density at radius 1 is 1.13 bits per heavy atom. The largest absolute Gasteiger partial charge is 0.368 e. The maximum Gasteiger partial charge on any atom is 0.251 e. The highest BCUT2D eigenvalue weighted by Gasteiger charge is 2.20. The van der Waals surface area contributed by atoms with E-state index in [4.69, 9.17) is 5.73 Å². The number of aryl methyl sites for hydroxylation is 2. The zero-order valence-corrected chi connectivity index (χ0v) is 15.3. The zero-order chi connectivity index (χ0) is 17.0. The van der Waals surface area contributed by atoms with Crippen LogP contribution >= 0.6 is 22.6 Å². The Bertz CT molecular complexity index is 723. The average molecular weight is 422 g/mol. The Morgan fingerprint density at radius 2 is 1.74 bits per heavy atom. The lowest BCUT2D eigenvalue weighted by atomic mass is 10.0. The van der Waals surface area contributed by atoms with Gasteiger partial charge in [-0.05, 0) is 60.2 Å². The molecule has 0 aromatic heterocycles. The van der Waals surface area contributed by atoms with Crippen LogP contribution in [0.5, 0.6) is 0 Å². The first-order chi connectivity index (χ1) is 10.9. The van der Waals surface area contributed by atoms with Crippen molar-refractivity contribution in [2.75, 3.05) is 0 Å². The molecule has 4 nitrogen and oxygen atoms in total. The van der Waals surface area contributed by atoms with Crippen LogP contribution in [0.1, 0.15) is 27.0 Å². The van der Waals surface area contributed by atoms with Crippen molar-refractivity contribution < 1.29 is 9.59 Å². The minimum absolute atomic E-state index is 0.286. The summed E-state index contributed by atoms with van der Waals surface area (Å²) in [6.45, 7) is 3.86. The molecule has 0 aliphatic rings. The molecule has 120 valence electrons. The van der Waals surface area contributed by atoms with Gasteiger partial charge < -0.3 is 11.1 Å². The number of rotatable bonds is 5. The molecule has 0 saturated heterocycles. The van der Waals surface area contributed by atoms with Crippen LogP contribution in [0, 0.1) is 17.4 Å². The number of primary amides is 1. The van der Waals surface area contributed by atoms with E-state index < -0.39 is 11.9 Å². The summed E-state index contributed by atoms with van der Waals surface area (Å²) in [6, 6.07) is 12.6. The van der Waals surface area contributed by atoms with Crippen LogP contribution in [0.4, 0.5) is 0 Å². The van der Waals surface area contributed by atoms with Gasteiger partial charge in [0, 0.05) is 15.6 Å². The van der Waals surface area contributed by atoms with Crippen molar-refractivity contribution in [2.24, 2.45) is 5.73 Å². The van der Waals surface area contributed by atoms with Gasteiger partial charge in [0.1, 0.15) is 6.04 Å². The first kappa shape index (κ1) is 17.5. The van der Waals surface area contributed by atoms with Crippen molar-refractivity contribution in [3.8, 4) is 0 Å². The van der Waals surface area contributed by atoms with E-state index in [-0.39, 0.29) is 5.91 Å². The summed E-state index contributed by atoms with van der Waals surface area (Å²) in [5.41, 5.74) is 8.99. The lowest BCUT2D eigenvalue weighted by Gasteiger charge is -2.17. The number of halogens is 1. The molecular weight excluding hydrogens is 403 g/mol. The molecule has 0 fully saturated rings. The first-order valence-corrected chi connectivity index (χ1v) is 8.36. The predicted molar refractivity (Wildman–Crippen MR) is 99.2 cm³/mol. The fraction of sp³-hybridized carbons (Fsp3) is 0.222. The van der Waals surface area contributed by atoms with Crippen molar-refractivity contribution in [3.05, 3.63) is 68.3 Å². The van der Waals surface area contributed by atoms with Crippen molar-refractivity contribution in [3.63, 3.8) is 0 Å². The van der Waals surface area contributed by atoms with Gasteiger partial charge in [0.25, 0.3) is 5.91 Å². The van der Waals surface area contributed by atoms with Gasteiger partial charge in [0.15, 0.2) is 0 Å². The second-order valence-corrected chi connectivity index (χ2v) is 6.76. The fourth-order valence-electron chi connectivity index (χ4n) is 2.45. The fourth-order valence-corrected chi connectivity index (χ4v) is 3.06. The predicted octanol–water partition coefficient (Wildman–Crippen LogP) is 2.73. The third-order valence-corrected chi connectivity index (χ3v) is 4.57. The molecule has 5 heteroatoms. The monoisotopic (exact) mass is 422 g/mol. The van der Waals surface area contributed by atoms with E-state index in [1.807, 2.05) is 44.2 Å². The summed E-state index contributed by atoms with van der Waals surface area (Å²) in [5, 5.41) is 2.75. The van der Waals surface area contributed by atoms with E-state index in [2.05, 4.69) is 27.9 Å². The average Bonchev–Trinajstić information content (AvgIpc) is 2.47. The molecule has 0 heterocycles. The number of hydrogen-bond acceptors (Lipinski definition) is 2. The third kappa shape index (κ3) is 4.79. The second kappa shape index (κ2) is 7.59. The summed E-state index contributed by atoms with van der Waals surface area (Å²) in [5.74, 6) is -0.825. The molecule has 3 N–H and O–H groups in total. The van der Waals surface area contributed by atoms with Crippen LogP contribution in [0.15, 0.2) is 42.5 Å². The molecule has 2 rings (SSSR count). The maximum atomic E-state index is 12.4. The van der Waals surface area contributed by atoms with Crippen LogP contribution in [-0.2, 0) is 11.2 Å². The van der Waals surface area contributed by atoms with Gasteiger partial charge in [-0.2, -0.15) is 0 Å². The van der Waals surface area contributed by atoms with Crippen molar-refractivity contribution >= 4 is 34.4 Å². The summed E-state index contributed by atoms with van der Waals surface area (Å²) in [4.78, 5) is 24.1. The van der Waals surface area contributed by atoms with Gasteiger partial charge in [-0.25, -0.2) is 0 Å². The Labute approximate surface area is 149 Å². The number of nitrogens with one attached hydrogen (secondary N) is 1. The van der Waals surface area contributed by atoms with E-state index >= 15 is 0 Å². The molecule has 0 spiro atoms. The quantitative estimate of drug-likeness (QED) is 0.728. The Balaban J connectivity index is 2.18. The number of carbonyl (C=O) groups is 2. The van der Waals surface area contributed by atoms with Crippen LogP contribution in [0.2, 0.25) is 0 Å². The van der Waals surface area contributed by atoms with E-state index in [0.717, 1.165) is 20.3 Å². The maximum absolute atomic E-state index is 12.4. The van der Waals surface area contributed by atoms with Gasteiger partial charge in [0.2, 0.25) is 5.91 Å². The van der Waals surface area contributed by atoms with Crippen molar-refractivity contribution in [2.45, 2.75) is 26.3 Å². The van der Waals surface area contributed by atoms with Crippen molar-refractivity contribution in [1.29, 1.82) is 0 Å². The number of nitrogens with two attached hydrogens (primary N) is 1. The van der Waals surface area contributed by atoms with E-state index in [9.17, 15) is 9.59 Å². The molecular formula is C18H19IN2O2. The first-order valence-electron chi connectivity index (χ1n) is 7.28. The summed E-state index contributed by atoms with van der Waals surface area (Å²) in [6.07, 6.45) is 0.380. The molecule has 1 atom stereocenters. The zero-order valence-electron chi connectivity index (χ0n) is 13.1. The van der Waals surface area contributed by atoms with Gasteiger partial charge in [-0.3, -0.25) is 9.59 Å². The lowest BCUT2D eigenvalue weighted by Crippen LogP contribution is -2.46. The topological polar surface area (TPSA) is 72.2 Å². The van der Waals surface area contributed by atoms with Gasteiger partial charge >= 0.3 is 0 Å². The molecule has 0 bridgehead atoms. The standard InChI is InChI=1S/C18H19IN2O2/c1-11-7-12(2)9-14(8-11)18(23)21-16(17(20)22)10-13-5-3-4-6-15(13)19/h3-9,16H,10H2,1-2H3,(H2,20,22)(H,21,23)/t16-/m1/s1. The summed E-state index contributed by atoms with van der Waals surface area (Å²) < 4.78 is 1.04. The van der Waals surface area contributed by atoms with Crippen LogP contribution in [0.3, 0.4) is 0 Å². The minimum Gasteiger partial charge on any atom is -0.368 e. The summed E-state index contributed by atoms with van der Waals surface area (Å²) in [7, 11) is 0. The number of benzene rings is 2. The van der Waals surface area contributed by atoms with Crippen LogP contribution < -0.4 is 11.1 Å². The molecule has 0 aliphatic heterocycles. The molecule has 0 saturated carbocycles. The summed E-state index contributed by atoms with van der Waals surface area (Å²) >= 11 is 2.21. The Hall–Kier alpha value is -1.89. The van der Waals surface area contributed by atoms with Crippen molar-refractivity contribution in [1.82, 2.24) is 5.32 Å². The molecule has 0 unspecified atom stereocenters. The van der Waals surface area contributed by atoms with Gasteiger partial charge in [0.05, 0.1) is 0 Å². The minimum atomic E-state index is -0.737. The van der Waals surface area contributed by atoms with E-state index in [1.165, 1.54) is 0 Å². The number of carbonyl (C=O) groups excluding carboxylic acids is 2. The molecule has 2 aromatic rings. The normalized spacial score (nSPS) is 11.8. The number of hydrogen-bond donors (Lipinski definition) is 2. The van der Waals surface area contributed by atoms with Crippen LogP contribution in [0.25, 0.3) is 0 Å². The molecule has 0 aliphatic carbocycles. The lowest BCUT2D eigenvalue weighted by molar-refractivity contribution is -0.119. The number of amides is 2. The Morgan fingerprint density at radius 3 is 2.30 bits per heavy atom. The van der Waals surface area contributed by atoms with Gasteiger partial charge in [-0.15, -0.1) is 0 Å². The van der Waals surface area contributed by atoms with E-state index in [1.54, 1.807) is 12.1 Å².